The highest BCUT2D eigenvalue weighted by atomic mass is 35.5. The molecule has 1 N–H and O–H groups in total. The lowest BCUT2D eigenvalue weighted by Gasteiger charge is -2.25. The Balaban J connectivity index is 1.13. The number of nitrogens with one attached hydrogen (secondary N) is 1. The van der Waals surface area contributed by atoms with Gasteiger partial charge in [0, 0.05) is 30.2 Å². The number of anilines is 2. The van der Waals surface area contributed by atoms with Gasteiger partial charge in [0.2, 0.25) is 0 Å². The molecule has 8 nitrogen and oxygen atoms in total. The van der Waals surface area contributed by atoms with Crippen molar-refractivity contribution in [1.29, 1.82) is 0 Å². The van der Waals surface area contributed by atoms with Crippen molar-refractivity contribution < 1.29 is 18.7 Å². The van der Waals surface area contributed by atoms with E-state index in [0.717, 1.165) is 39.4 Å². The first-order chi connectivity index (χ1) is 20.0. The Morgan fingerprint density at radius 3 is 2.88 bits per heavy atom. The van der Waals surface area contributed by atoms with Gasteiger partial charge in [-0.3, -0.25) is 9.69 Å². The molecule has 0 radical (unpaired) electrons. The van der Waals surface area contributed by atoms with Gasteiger partial charge in [0.1, 0.15) is 35.1 Å². The molecular weight excluding hydrogens is 565 g/mol. The topological polar surface area (TPSA) is 79.8 Å². The third-order valence-corrected chi connectivity index (χ3v) is 8.42. The number of halogens is 2. The largest absolute Gasteiger partial charge is 0.487 e. The van der Waals surface area contributed by atoms with Crippen LogP contribution in [-0.4, -0.2) is 65.1 Å². The lowest BCUT2D eigenvalue weighted by atomic mass is 10.0. The summed E-state index contributed by atoms with van der Waals surface area (Å²) < 4.78 is 24.6. The van der Waals surface area contributed by atoms with E-state index in [9.17, 15) is 9.18 Å². The highest BCUT2D eigenvalue weighted by Crippen LogP contribution is 2.38. The Bertz CT molecular complexity index is 1650. The van der Waals surface area contributed by atoms with Crippen LogP contribution in [0.3, 0.4) is 0 Å². The summed E-state index contributed by atoms with van der Waals surface area (Å²) in [7, 11) is 0. The quantitative estimate of drug-likeness (QED) is 0.315. The Morgan fingerprint density at radius 1 is 1.17 bits per heavy atom. The first kappa shape index (κ1) is 27.4. The van der Waals surface area contributed by atoms with Crippen molar-refractivity contribution in [1.82, 2.24) is 19.8 Å². The molecule has 0 bridgehead atoms. The second-order valence-corrected chi connectivity index (χ2v) is 11.3. The number of carbonyl (C=O) groups is 1. The molecule has 0 aliphatic carbocycles. The lowest BCUT2D eigenvalue weighted by Crippen LogP contribution is -2.37. The maximum atomic E-state index is 13.5. The van der Waals surface area contributed by atoms with Crippen molar-refractivity contribution in [3.05, 3.63) is 75.6 Å². The average Bonchev–Trinajstić information content (AvgIpc) is 3.36. The third-order valence-electron chi connectivity index (χ3n) is 7.00. The SMILES string of the molecule is O=C(C#CCN1CCOCC1)N1CCc2c(sc3ncnc(Nc4ccc(OCc5cccc(F)c5)c(Cl)c4)c23)C1. The van der Waals surface area contributed by atoms with Crippen molar-refractivity contribution in [3.63, 3.8) is 0 Å². The predicted octanol–water partition coefficient (Wildman–Crippen LogP) is 5.03. The van der Waals surface area contributed by atoms with Crippen LogP contribution in [-0.2, 0) is 29.1 Å². The van der Waals surface area contributed by atoms with Crippen LogP contribution in [0.2, 0.25) is 5.02 Å². The molecule has 4 heterocycles. The molecule has 6 rings (SSSR count). The van der Waals surface area contributed by atoms with Gasteiger partial charge < -0.3 is 19.7 Å². The summed E-state index contributed by atoms with van der Waals surface area (Å²) in [5.41, 5.74) is 2.62. The molecule has 41 heavy (non-hydrogen) atoms. The smallest absolute Gasteiger partial charge is 0.298 e. The lowest BCUT2D eigenvalue weighted by molar-refractivity contribution is -0.125. The van der Waals surface area contributed by atoms with E-state index < -0.39 is 0 Å². The maximum absolute atomic E-state index is 13.5. The molecular formula is C30H27ClFN5O3S. The van der Waals surface area contributed by atoms with Gasteiger partial charge in [0.15, 0.2) is 0 Å². The molecule has 0 unspecified atom stereocenters. The van der Waals surface area contributed by atoms with Gasteiger partial charge in [0.25, 0.3) is 5.91 Å². The Hall–Kier alpha value is -3.75. The van der Waals surface area contributed by atoms with Crippen LogP contribution in [0.5, 0.6) is 5.75 Å². The Labute approximate surface area is 246 Å². The van der Waals surface area contributed by atoms with Crippen LogP contribution in [0.15, 0.2) is 48.8 Å². The van der Waals surface area contributed by atoms with Crippen molar-refractivity contribution in [2.24, 2.45) is 0 Å². The minimum absolute atomic E-state index is 0.153. The molecule has 1 fully saturated rings. The van der Waals surface area contributed by atoms with Crippen LogP contribution < -0.4 is 10.1 Å². The zero-order valence-corrected chi connectivity index (χ0v) is 23.7. The highest BCUT2D eigenvalue weighted by molar-refractivity contribution is 7.19. The van der Waals surface area contributed by atoms with Crippen LogP contribution >= 0.6 is 22.9 Å². The van der Waals surface area contributed by atoms with Gasteiger partial charge in [-0.05, 0) is 53.8 Å². The van der Waals surface area contributed by atoms with Gasteiger partial charge in [-0.25, -0.2) is 14.4 Å². The van der Waals surface area contributed by atoms with Gasteiger partial charge in [0.05, 0.1) is 36.7 Å². The van der Waals surface area contributed by atoms with Crippen LogP contribution in [0.1, 0.15) is 16.0 Å². The van der Waals surface area contributed by atoms with E-state index in [1.54, 1.807) is 40.5 Å². The maximum Gasteiger partial charge on any atom is 0.298 e. The highest BCUT2D eigenvalue weighted by Gasteiger charge is 2.26. The summed E-state index contributed by atoms with van der Waals surface area (Å²) in [4.78, 5) is 27.8. The summed E-state index contributed by atoms with van der Waals surface area (Å²) in [6.07, 6.45) is 2.23. The summed E-state index contributed by atoms with van der Waals surface area (Å²) in [5.74, 6) is 6.57. The molecule has 1 saturated heterocycles. The number of hydrogen-bond acceptors (Lipinski definition) is 8. The summed E-state index contributed by atoms with van der Waals surface area (Å²) in [5, 5.41) is 4.76. The number of morpholine rings is 1. The number of thiophene rings is 1. The Kier molecular flexibility index (Phi) is 8.30. The minimum atomic E-state index is -0.309. The van der Waals surface area contributed by atoms with E-state index in [1.807, 2.05) is 6.07 Å². The third kappa shape index (κ3) is 6.44. The van der Waals surface area contributed by atoms with E-state index >= 15 is 0 Å². The fraction of sp³-hybridized carbons (Fsp3) is 0.300. The molecule has 2 aliphatic heterocycles. The van der Waals surface area contributed by atoms with Gasteiger partial charge in [-0.1, -0.05) is 29.7 Å². The number of amides is 1. The van der Waals surface area contributed by atoms with E-state index in [4.69, 9.17) is 21.1 Å². The number of hydrogen-bond donors (Lipinski definition) is 1. The number of ether oxygens (including phenoxy) is 2. The summed E-state index contributed by atoms with van der Waals surface area (Å²) in [6, 6.07) is 11.7. The number of carbonyl (C=O) groups excluding carboxylic acids is 1. The normalized spacial score (nSPS) is 15.2. The van der Waals surface area contributed by atoms with Gasteiger partial charge in [-0.2, -0.15) is 0 Å². The van der Waals surface area contributed by atoms with Crippen LogP contribution in [0, 0.1) is 17.7 Å². The molecule has 4 aromatic rings. The fourth-order valence-corrected chi connectivity index (χ4v) is 6.32. The molecule has 1 amide bonds. The predicted molar refractivity (Wildman–Crippen MR) is 157 cm³/mol. The van der Waals surface area contributed by atoms with Gasteiger partial charge >= 0.3 is 0 Å². The summed E-state index contributed by atoms with van der Waals surface area (Å²) in [6.45, 7) is 4.97. The first-order valence-electron chi connectivity index (χ1n) is 13.3. The molecule has 0 spiro atoms. The zero-order chi connectivity index (χ0) is 28.2. The number of aromatic nitrogens is 2. The second-order valence-electron chi connectivity index (χ2n) is 9.76. The number of nitrogens with zero attached hydrogens (tertiary/aromatic N) is 4. The minimum Gasteiger partial charge on any atom is -0.487 e. The zero-order valence-electron chi connectivity index (χ0n) is 22.2. The van der Waals surface area contributed by atoms with E-state index in [2.05, 4.69) is 32.0 Å². The van der Waals surface area contributed by atoms with Gasteiger partial charge in [-0.15, -0.1) is 11.3 Å². The molecule has 2 aromatic carbocycles. The number of rotatable bonds is 6. The first-order valence-corrected chi connectivity index (χ1v) is 14.5. The molecule has 2 aromatic heterocycles. The molecule has 0 atom stereocenters. The van der Waals surface area contributed by atoms with Crippen LogP contribution in [0.25, 0.3) is 10.2 Å². The molecule has 2 aliphatic rings. The van der Waals surface area contributed by atoms with Crippen molar-refractivity contribution in [3.8, 4) is 17.6 Å². The Morgan fingerprint density at radius 2 is 2.05 bits per heavy atom. The van der Waals surface area contributed by atoms with E-state index in [0.29, 0.717) is 61.4 Å². The standard InChI is InChI=1S/C30H27ClFN5O3S/c31-24-16-22(6-7-25(24)40-18-20-3-1-4-21(32)15-20)35-29-28-23-8-10-37(17-26(23)41-30(28)34-19-33-29)27(38)5-2-9-36-11-13-39-14-12-36/h1,3-4,6-7,15-16,19H,8-14,17-18H2,(H,33,34,35). The molecule has 11 heteroatoms. The van der Waals surface area contributed by atoms with E-state index in [-0.39, 0.29) is 18.3 Å². The van der Waals surface area contributed by atoms with Crippen molar-refractivity contribution >= 4 is 50.6 Å². The van der Waals surface area contributed by atoms with Crippen molar-refractivity contribution in [2.75, 3.05) is 44.7 Å². The van der Waals surface area contributed by atoms with Crippen molar-refractivity contribution in [2.45, 2.75) is 19.6 Å². The fourth-order valence-electron chi connectivity index (χ4n) is 4.88. The molecule has 210 valence electrons. The number of benzene rings is 2. The average molecular weight is 592 g/mol. The molecule has 0 saturated carbocycles. The summed E-state index contributed by atoms with van der Waals surface area (Å²) >= 11 is 8.08. The monoisotopic (exact) mass is 591 g/mol. The number of fused-ring (bicyclic) bond motifs is 3. The van der Waals surface area contributed by atoms with E-state index in [1.165, 1.54) is 18.5 Å². The van der Waals surface area contributed by atoms with Crippen LogP contribution in [0.4, 0.5) is 15.9 Å². The second kappa shape index (κ2) is 12.4.